The molecule has 0 aliphatic heterocycles. The van der Waals surface area contributed by atoms with Gasteiger partial charge in [-0.05, 0) is 60.0 Å². The molecule has 162 valence electrons. The van der Waals surface area contributed by atoms with Crippen molar-refractivity contribution in [1.82, 2.24) is 9.97 Å². The summed E-state index contributed by atoms with van der Waals surface area (Å²) in [5.74, 6) is -0.122. The Labute approximate surface area is 201 Å². The Hall–Kier alpha value is -3.54. The van der Waals surface area contributed by atoms with Crippen LogP contribution in [0.15, 0.2) is 91.1 Å². The Morgan fingerprint density at radius 3 is 2.36 bits per heavy atom. The lowest BCUT2D eigenvalue weighted by atomic mass is 10.0. The van der Waals surface area contributed by atoms with Crippen molar-refractivity contribution < 1.29 is 4.79 Å². The molecule has 33 heavy (non-hydrogen) atoms. The molecule has 2 heterocycles. The lowest BCUT2D eigenvalue weighted by Crippen LogP contribution is -2.30. The van der Waals surface area contributed by atoms with Gasteiger partial charge in [-0.1, -0.05) is 71.5 Å². The van der Waals surface area contributed by atoms with Gasteiger partial charge >= 0.3 is 0 Å². The number of rotatable bonds is 5. The average molecular weight is 470 g/mol. The van der Waals surface area contributed by atoms with Gasteiger partial charge in [0.2, 0.25) is 0 Å². The molecule has 0 fully saturated rings. The van der Waals surface area contributed by atoms with Crippen LogP contribution in [0.3, 0.4) is 0 Å². The Morgan fingerprint density at radius 1 is 0.909 bits per heavy atom. The van der Waals surface area contributed by atoms with Gasteiger partial charge in [-0.2, -0.15) is 0 Å². The number of amides is 1. The molecule has 2 aromatic heterocycles. The van der Waals surface area contributed by atoms with Gasteiger partial charge in [0.15, 0.2) is 5.13 Å². The van der Waals surface area contributed by atoms with E-state index in [4.69, 9.17) is 16.6 Å². The second-order valence-electron chi connectivity index (χ2n) is 7.67. The van der Waals surface area contributed by atoms with Crippen LogP contribution in [-0.4, -0.2) is 15.9 Å². The number of fused-ring (bicyclic) bond motifs is 1. The highest BCUT2D eigenvalue weighted by molar-refractivity contribution is 7.22. The summed E-state index contributed by atoms with van der Waals surface area (Å²) >= 11 is 7.78. The molecule has 0 bridgehead atoms. The molecule has 5 aromatic rings. The molecule has 0 aliphatic rings. The van der Waals surface area contributed by atoms with Crippen LogP contribution >= 0.6 is 22.9 Å². The zero-order chi connectivity index (χ0) is 22.8. The molecule has 0 N–H and O–H groups in total. The molecule has 0 aliphatic carbocycles. The van der Waals surface area contributed by atoms with Crippen LogP contribution in [0.25, 0.3) is 21.3 Å². The highest BCUT2D eigenvalue weighted by atomic mass is 35.5. The van der Waals surface area contributed by atoms with E-state index in [1.165, 1.54) is 11.3 Å². The number of aryl methyl sites for hydroxylation is 1. The first kappa shape index (κ1) is 21.3. The van der Waals surface area contributed by atoms with E-state index in [2.05, 4.69) is 17.1 Å². The van der Waals surface area contributed by atoms with Gasteiger partial charge < -0.3 is 0 Å². The van der Waals surface area contributed by atoms with E-state index in [9.17, 15) is 4.79 Å². The number of hydrogen-bond donors (Lipinski definition) is 0. The first-order valence-electron chi connectivity index (χ1n) is 10.5. The van der Waals surface area contributed by atoms with E-state index in [1.54, 1.807) is 11.1 Å². The summed E-state index contributed by atoms with van der Waals surface area (Å²) in [4.78, 5) is 24.6. The van der Waals surface area contributed by atoms with Gasteiger partial charge in [0.25, 0.3) is 5.91 Å². The molecule has 0 saturated heterocycles. The Bertz CT molecular complexity index is 1420. The summed E-state index contributed by atoms with van der Waals surface area (Å²) in [6.07, 6.45) is 1.73. The largest absolute Gasteiger partial charge is 0.278 e. The number of thiazole rings is 1. The van der Waals surface area contributed by atoms with Crippen LogP contribution in [-0.2, 0) is 6.54 Å². The number of carbonyl (C=O) groups is 1. The van der Waals surface area contributed by atoms with E-state index in [0.29, 0.717) is 22.3 Å². The highest BCUT2D eigenvalue weighted by Crippen LogP contribution is 2.34. The summed E-state index contributed by atoms with van der Waals surface area (Å²) in [6, 6.07) is 27.3. The zero-order valence-corrected chi connectivity index (χ0v) is 19.5. The Balaban J connectivity index is 1.53. The van der Waals surface area contributed by atoms with E-state index in [-0.39, 0.29) is 5.91 Å². The van der Waals surface area contributed by atoms with E-state index in [0.717, 1.165) is 32.6 Å². The minimum Gasteiger partial charge on any atom is -0.278 e. The van der Waals surface area contributed by atoms with Crippen LogP contribution in [0.4, 0.5) is 5.13 Å². The number of benzene rings is 3. The topological polar surface area (TPSA) is 46.1 Å². The molecule has 6 heteroatoms. The van der Waals surface area contributed by atoms with Crippen LogP contribution in [0, 0.1) is 6.92 Å². The third-order valence-electron chi connectivity index (χ3n) is 5.50. The second kappa shape index (κ2) is 9.14. The molecule has 0 atom stereocenters. The van der Waals surface area contributed by atoms with Crippen molar-refractivity contribution in [3.63, 3.8) is 0 Å². The summed E-state index contributed by atoms with van der Waals surface area (Å²) in [5, 5.41) is 1.29. The Morgan fingerprint density at radius 2 is 1.64 bits per heavy atom. The fourth-order valence-electron chi connectivity index (χ4n) is 3.68. The van der Waals surface area contributed by atoms with Gasteiger partial charge in [-0.25, -0.2) is 4.98 Å². The summed E-state index contributed by atoms with van der Waals surface area (Å²) in [6.45, 7) is 2.27. The van der Waals surface area contributed by atoms with Crippen molar-refractivity contribution >= 4 is 44.2 Å². The zero-order valence-electron chi connectivity index (χ0n) is 17.9. The molecular weight excluding hydrogens is 450 g/mol. The number of hydrogen-bond acceptors (Lipinski definition) is 4. The van der Waals surface area contributed by atoms with Crippen LogP contribution in [0.2, 0.25) is 5.02 Å². The quantitative estimate of drug-likeness (QED) is 0.274. The monoisotopic (exact) mass is 469 g/mol. The van der Waals surface area contributed by atoms with Gasteiger partial charge in [0.05, 0.1) is 22.5 Å². The maximum atomic E-state index is 13.7. The predicted octanol–water partition coefficient (Wildman–Crippen LogP) is 7.17. The minimum atomic E-state index is -0.122. The summed E-state index contributed by atoms with van der Waals surface area (Å²) in [7, 11) is 0. The Kier molecular flexibility index (Phi) is 5.90. The normalized spacial score (nSPS) is 11.0. The molecular formula is C27H20ClN3OS. The smallest absolute Gasteiger partial charge is 0.260 e. The van der Waals surface area contributed by atoms with Crippen molar-refractivity contribution in [3.8, 4) is 11.1 Å². The third kappa shape index (κ3) is 4.38. The molecule has 0 radical (unpaired) electrons. The molecule has 4 nitrogen and oxygen atoms in total. The van der Waals surface area contributed by atoms with Crippen molar-refractivity contribution in [2.75, 3.05) is 4.90 Å². The van der Waals surface area contributed by atoms with Gasteiger partial charge in [0.1, 0.15) is 0 Å². The number of nitrogens with zero attached hydrogens (tertiary/aromatic N) is 3. The number of aromatic nitrogens is 2. The second-order valence-corrected chi connectivity index (χ2v) is 9.09. The number of anilines is 1. The third-order valence-corrected chi connectivity index (χ3v) is 6.95. The molecule has 0 unspecified atom stereocenters. The fraction of sp³-hybridized carbons (Fsp3) is 0.0741. The van der Waals surface area contributed by atoms with Crippen LogP contribution in [0.5, 0.6) is 0 Å². The minimum absolute atomic E-state index is 0.122. The van der Waals surface area contributed by atoms with Crippen molar-refractivity contribution in [1.29, 1.82) is 0 Å². The molecule has 3 aromatic carbocycles. The molecule has 0 saturated carbocycles. The van der Waals surface area contributed by atoms with E-state index in [1.807, 2.05) is 79.7 Å². The summed E-state index contributed by atoms with van der Waals surface area (Å²) < 4.78 is 0.991. The standard InChI is InChI=1S/C27H20ClN3OS/c1-18-23(28)14-15-24-25(18)30-27(33-24)31(17-22-9-5-6-16-29-22)26(32)21-12-10-20(11-13-21)19-7-3-2-4-8-19/h2-16H,17H2,1H3. The highest BCUT2D eigenvalue weighted by Gasteiger charge is 2.23. The molecule has 1 amide bonds. The summed E-state index contributed by atoms with van der Waals surface area (Å²) in [5.41, 5.74) is 5.30. The maximum Gasteiger partial charge on any atom is 0.260 e. The van der Waals surface area contributed by atoms with E-state index >= 15 is 0 Å². The van der Waals surface area contributed by atoms with Crippen molar-refractivity contribution in [2.24, 2.45) is 0 Å². The fourth-order valence-corrected chi connectivity index (χ4v) is 4.85. The van der Waals surface area contributed by atoms with Crippen LogP contribution in [0.1, 0.15) is 21.6 Å². The maximum absolute atomic E-state index is 13.7. The predicted molar refractivity (Wildman–Crippen MR) is 136 cm³/mol. The SMILES string of the molecule is Cc1c(Cl)ccc2sc(N(Cc3ccccn3)C(=O)c3ccc(-c4ccccc4)cc3)nc12. The first-order chi connectivity index (χ1) is 16.1. The number of halogens is 1. The number of carbonyl (C=O) groups excluding carboxylic acids is 1. The lowest BCUT2D eigenvalue weighted by molar-refractivity contribution is 0.0985. The molecule has 0 spiro atoms. The van der Waals surface area contributed by atoms with Gasteiger partial charge in [-0.15, -0.1) is 0 Å². The van der Waals surface area contributed by atoms with Crippen LogP contribution < -0.4 is 4.90 Å². The van der Waals surface area contributed by atoms with E-state index < -0.39 is 0 Å². The molecule has 5 rings (SSSR count). The van der Waals surface area contributed by atoms with Gasteiger partial charge in [0, 0.05) is 16.8 Å². The van der Waals surface area contributed by atoms with Crippen molar-refractivity contribution in [2.45, 2.75) is 13.5 Å². The van der Waals surface area contributed by atoms with Gasteiger partial charge in [-0.3, -0.25) is 14.7 Å². The average Bonchev–Trinajstić information content (AvgIpc) is 3.30. The lowest BCUT2D eigenvalue weighted by Gasteiger charge is -2.20. The first-order valence-corrected chi connectivity index (χ1v) is 11.7. The van der Waals surface area contributed by atoms with Crippen molar-refractivity contribution in [3.05, 3.63) is 113 Å². The number of pyridine rings is 1.